The summed E-state index contributed by atoms with van der Waals surface area (Å²) in [5.74, 6) is 0.572. The topological polar surface area (TPSA) is 21.3 Å². The molecule has 0 aromatic heterocycles. The van der Waals surface area contributed by atoms with Crippen molar-refractivity contribution >= 4 is 33.2 Å². The second-order valence-electron chi connectivity index (χ2n) is 5.14. The number of rotatable bonds is 3. The molecule has 0 radical (unpaired) electrons. The molecule has 18 heavy (non-hydrogen) atoms. The molecule has 1 fully saturated rings. The summed E-state index contributed by atoms with van der Waals surface area (Å²) in [4.78, 5) is 0. The van der Waals surface area contributed by atoms with E-state index in [1.807, 2.05) is 18.2 Å². The molecule has 1 aliphatic heterocycles. The minimum absolute atomic E-state index is 0.363. The standard InChI is InChI=1S/C14H19BrClNO/c1-9(2)14-8-11(5-6-18-14)17-13-4-3-10(16)7-12(13)15/h3-4,7,9,11,14,17H,5-6,8H2,1-2H3. The number of ether oxygens (including phenoxy) is 1. The van der Waals surface area contributed by atoms with Crippen LogP contribution < -0.4 is 5.32 Å². The van der Waals surface area contributed by atoms with E-state index >= 15 is 0 Å². The van der Waals surface area contributed by atoms with Crippen molar-refractivity contribution in [2.75, 3.05) is 11.9 Å². The lowest BCUT2D eigenvalue weighted by Crippen LogP contribution is -2.36. The lowest BCUT2D eigenvalue weighted by molar-refractivity contribution is -0.0160. The van der Waals surface area contributed by atoms with E-state index in [0.717, 1.165) is 34.6 Å². The number of benzene rings is 1. The third kappa shape index (κ3) is 3.62. The summed E-state index contributed by atoms with van der Waals surface area (Å²) in [6, 6.07) is 6.33. The minimum Gasteiger partial charge on any atom is -0.381 e. The van der Waals surface area contributed by atoms with Gasteiger partial charge in [0.15, 0.2) is 0 Å². The Hall–Kier alpha value is -0.250. The van der Waals surface area contributed by atoms with Crippen molar-refractivity contribution < 1.29 is 4.74 Å². The molecular formula is C14H19BrClNO. The van der Waals surface area contributed by atoms with Crippen molar-refractivity contribution in [3.63, 3.8) is 0 Å². The molecule has 1 aromatic rings. The quantitative estimate of drug-likeness (QED) is 0.865. The van der Waals surface area contributed by atoms with E-state index < -0.39 is 0 Å². The Kier molecular flexibility index (Phi) is 4.93. The van der Waals surface area contributed by atoms with Gasteiger partial charge in [0.2, 0.25) is 0 Å². The fourth-order valence-electron chi connectivity index (χ4n) is 2.25. The summed E-state index contributed by atoms with van der Waals surface area (Å²) in [6.07, 6.45) is 2.48. The first kappa shape index (κ1) is 14.2. The van der Waals surface area contributed by atoms with Crippen LogP contribution in [0.15, 0.2) is 22.7 Å². The van der Waals surface area contributed by atoms with Crippen LogP contribution in [0.4, 0.5) is 5.69 Å². The Morgan fingerprint density at radius 2 is 2.22 bits per heavy atom. The fourth-order valence-corrected chi connectivity index (χ4v) is 3.05. The van der Waals surface area contributed by atoms with Gasteiger partial charge in [0.1, 0.15) is 0 Å². The Balaban J connectivity index is 2.00. The molecule has 0 spiro atoms. The van der Waals surface area contributed by atoms with E-state index in [0.29, 0.717) is 18.1 Å². The van der Waals surface area contributed by atoms with Crippen LogP contribution in [0.2, 0.25) is 5.02 Å². The van der Waals surface area contributed by atoms with Gasteiger partial charge in [-0.25, -0.2) is 0 Å². The van der Waals surface area contributed by atoms with Gasteiger partial charge in [0.25, 0.3) is 0 Å². The van der Waals surface area contributed by atoms with Gasteiger partial charge in [-0.15, -0.1) is 0 Å². The van der Waals surface area contributed by atoms with E-state index in [1.165, 1.54) is 0 Å². The van der Waals surface area contributed by atoms with E-state index in [-0.39, 0.29) is 0 Å². The largest absolute Gasteiger partial charge is 0.381 e. The molecule has 0 saturated carbocycles. The van der Waals surface area contributed by atoms with Gasteiger partial charge in [-0.3, -0.25) is 0 Å². The summed E-state index contributed by atoms with van der Waals surface area (Å²) >= 11 is 9.49. The predicted molar refractivity (Wildman–Crippen MR) is 80.4 cm³/mol. The van der Waals surface area contributed by atoms with Crippen LogP contribution in [0.1, 0.15) is 26.7 Å². The van der Waals surface area contributed by atoms with Crippen LogP contribution in [0.5, 0.6) is 0 Å². The highest BCUT2D eigenvalue weighted by molar-refractivity contribution is 9.10. The monoisotopic (exact) mass is 331 g/mol. The molecule has 2 atom stereocenters. The normalized spacial score (nSPS) is 24.3. The Morgan fingerprint density at radius 1 is 1.44 bits per heavy atom. The van der Waals surface area contributed by atoms with Gasteiger partial charge >= 0.3 is 0 Å². The van der Waals surface area contributed by atoms with Crippen LogP contribution in [0.25, 0.3) is 0 Å². The molecule has 1 N–H and O–H groups in total. The summed E-state index contributed by atoms with van der Waals surface area (Å²) in [5, 5.41) is 4.33. The van der Waals surface area contributed by atoms with Gasteiger partial charge in [-0.05, 0) is 52.9 Å². The zero-order chi connectivity index (χ0) is 13.1. The molecule has 2 nitrogen and oxygen atoms in total. The van der Waals surface area contributed by atoms with E-state index in [1.54, 1.807) is 0 Å². The molecule has 1 heterocycles. The Morgan fingerprint density at radius 3 is 2.89 bits per heavy atom. The summed E-state index contributed by atoms with van der Waals surface area (Å²) < 4.78 is 6.80. The summed E-state index contributed by atoms with van der Waals surface area (Å²) in [7, 11) is 0. The van der Waals surface area contributed by atoms with Crippen LogP contribution in [-0.4, -0.2) is 18.8 Å². The van der Waals surface area contributed by atoms with Crippen molar-refractivity contribution in [1.82, 2.24) is 0 Å². The number of nitrogens with one attached hydrogen (secondary N) is 1. The van der Waals surface area contributed by atoms with Gasteiger partial charge in [0, 0.05) is 27.8 Å². The maximum Gasteiger partial charge on any atom is 0.0617 e. The zero-order valence-electron chi connectivity index (χ0n) is 10.7. The zero-order valence-corrected chi connectivity index (χ0v) is 13.1. The molecule has 1 aromatic carbocycles. The third-order valence-electron chi connectivity index (χ3n) is 3.35. The summed E-state index contributed by atoms with van der Waals surface area (Å²) in [6.45, 7) is 5.27. The number of anilines is 1. The van der Waals surface area contributed by atoms with E-state index in [4.69, 9.17) is 16.3 Å². The second kappa shape index (κ2) is 6.27. The van der Waals surface area contributed by atoms with Gasteiger partial charge in [0.05, 0.1) is 6.10 Å². The molecule has 1 saturated heterocycles. The van der Waals surface area contributed by atoms with Gasteiger partial charge in [-0.2, -0.15) is 0 Å². The third-order valence-corrected chi connectivity index (χ3v) is 4.24. The van der Waals surface area contributed by atoms with E-state index in [9.17, 15) is 0 Å². The second-order valence-corrected chi connectivity index (χ2v) is 6.43. The van der Waals surface area contributed by atoms with Gasteiger partial charge in [-0.1, -0.05) is 25.4 Å². The molecule has 0 amide bonds. The predicted octanol–water partition coefficient (Wildman–Crippen LogP) is 4.72. The molecular weight excluding hydrogens is 314 g/mol. The molecule has 4 heteroatoms. The van der Waals surface area contributed by atoms with E-state index in [2.05, 4.69) is 35.1 Å². The highest BCUT2D eigenvalue weighted by atomic mass is 79.9. The maximum absolute atomic E-state index is 5.95. The Labute approximate surface area is 122 Å². The summed E-state index contributed by atoms with van der Waals surface area (Å²) in [5.41, 5.74) is 1.11. The average molecular weight is 333 g/mol. The Bertz CT molecular complexity index is 411. The number of halogens is 2. The van der Waals surface area contributed by atoms with Crippen molar-refractivity contribution in [2.24, 2.45) is 5.92 Å². The van der Waals surface area contributed by atoms with Crippen LogP contribution in [0, 0.1) is 5.92 Å². The van der Waals surface area contributed by atoms with Crippen molar-refractivity contribution in [3.8, 4) is 0 Å². The maximum atomic E-state index is 5.95. The number of hydrogen-bond donors (Lipinski definition) is 1. The minimum atomic E-state index is 0.363. The fraction of sp³-hybridized carbons (Fsp3) is 0.571. The first-order chi connectivity index (χ1) is 8.56. The molecule has 2 rings (SSSR count). The molecule has 1 aliphatic rings. The molecule has 0 bridgehead atoms. The van der Waals surface area contributed by atoms with Gasteiger partial charge < -0.3 is 10.1 Å². The number of hydrogen-bond acceptors (Lipinski definition) is 2. The highest BCUT2D eigenvalue weighted by Gasteiger charge is 2.25. The molecule has 100 valence electrons. The first-order valence-corrected chi connectivity index (χ1v) is 7.56. The van der Waals surface area contributed by atoms with Crippen molar-refractivity contribution in [2.45, 2.75) is 38.8 Å². The van der Waals surface area contributed by atoms with Crippen molar-refractivity contribution in [1.29, 1.82) is 0 Å². The highest BCUT2D eigenvalue weighted by Crippen LogP contribution is 2.29. The lowest BCUT2D eigenvalue weighted by Gasteiger charge is -2.33. The SMILES string of the molecule is CC(C)C1CC(Nc2ccc(Cl)cc2Br)CCO1. The van der Waals surface area contributed by atoms with Crippen LogP contribution >= 0.6 is 27.5 Å². The van der Waals surface area contributed by atoms with Crippen LogP contribution in [0.3, 0.4) is 0 Å². The van der Waals surface area contributed by atoms with Crippen LogP contribution in [-0.2, 0) is 4.74 Å². The smallest absolute Gasteiger partial charge is 0.0617 e. The van der Waals surface area contributed by atoms with Crippen molar-refractivity contribution in [3.05, 3.63) is 27.7 Å². The average Bonchev–Trinajstić information content (AvgIpc) is 2.33. The first-order valence-electron chi connectivity index (χ1n) is 6.39. The lowest BCUT2D eigenvalue weighted by atomic mass is 9.95. The molecule has 2 unspecified atom stereocenters. The molecule has 0 aliphatic carbocycles.